The Bertz CT molecular complexity index is 912. The Hall–Kier alpha value is -3.15. The van der Waals surface area contributed by atoms with Gasteiger partial charge in [0.2, 0.25) is 0 Å². The molecule has 2 aromatic heterocycles. The number of carbonyl (C=O) groups is 1. The average Bonchev–Trinajstić information content (AvgIpc) is 2.98. The van der Waals surface area contributed by atoms with E-state index in [2.05, 4.69) is 15.4 Å². The molecular formula is C20H23N5O. The molecule has 3 rings (SSSR count). The molecule has 134 valence electrons. The van der Waals surface area contributed by atoms with E-state index >= 15 is 0 Å². The fourth-order valence-electron chi connectivity index (χ4n) is 2.67. The molecule has 0 bridgehead atoms. The number of hydrogen-bond donors (Lipinski definition) is 1. The summed E-state index contributed by atoms with van der Waals surface area (Å²) < 4.78 is 1.79. The van der Waals surface area contributed by atoms with E-state index in [1.807, 2.05) is 63.3 Å². The third kappa shape index (κ3) is 3.74. The maximum Gasteiger partial charge on any atom is 0.253 e. The molecule has 0 spiro atoms. The lowest BCUT2D eigenvalue weighted by molar-refractivity contribution is 0.0950. The molecule has 1 N–H and O–H groups in total. The topological polar surface area (TPSA) is 63.1 Å². The minimum Gasteiger partial charge on any atom is -0.378 e. The van der Waals surface area contributed by atoms with Gasteiger partial charge >= 0.3 is 0 Å². The number of hydrogen-bond acceptors (Lipinski definition) is 4. The van der Waals surface area contributed by atoms with Crippen molar-refractivity contribution in [2.45, 2.75) is 13.5 Å². The van der Waals surface area contributed by atoms with Gasteiger partial charge < -0.3 is 10.2 Å². The van der Waals surface area contributed by atoms with E-state index in [4.69, 9.17) is 0 Å². The summed E-state index contributed by atoms with van der Waals surface area (Å²) in [6.45, 7) is 2.42. The number of aryl methyl sites for hydroxylation is 1. The molecule has 26 heavy (non-hydrogen) atoms. The summed E-state index contributed by atoms with van der Waals surface area (Å²) in [5.41, 5.74) is 5.66. The Morgan fingerprint density at radius 2 is 1.85 bits per heavy atom. The number of amides is 1. The second kappa shape index (κ2) is 7.39. The van der Waals surface area contributed by atoms with Crippen molar-refractivity contribution in [2.75, 3.05) is 19.0 Å². The van der Waals surface area contributed by atoms with Crippen molar-refractivity contribution in [3.8, 4) is 11.1 Å². The molecule has 0 unspecified atom stereocenters. The van der Waals surface area contributed by atoms with Crippen molar-refractivity contribution in [3.63, 3.8) is 0 Å². The van der Waals surface area contributed by atoms with Crippen LogP contribution in [0.1, 0.15) is 21.6 Å². The van der Waals surface area contributed by atoms with Gasteiger partial charge in [0.05, 0.1) is 11.8 Å². The van der Waals surface area contributed by atoms with Crippen LogP contribution in [0.4, 0.5) is 5.69 Å². The summed E-state index contributed by atoms with van der Waals surface area (Å²) in [6.07, 6.45) is 5.13. The first-order valence-corrected chi connectivity index (χ1v) is 8.44. The number of aromatic nitrogens is 3. The maximum atomic E-state index is 12.5. The molecule has 0 radical (unpaired) electrons. The predicted octanol–water partition coefficient (Wildman–Crippen LogP) is 2.79. The highest BCUT2D eigenvalue weighted by molar-refractivity contribution is 5.95. The van der Waals surface area contributed by atoms with Gasteiger partial charge in [-0.15, -0.1) is 0 Å². The van der Waals surface area contributed by atoms with Gasteiger partial charge in [-0.25, -0.2) is 0 Å². The first kappa shape index (κ1) is 17.7. The fraction of sp³-hybridized carbons (Fsp3) is 0.250. The van der Waals surface area contributed by atoms with Crippen molar-refractivity contribution in [1.29, 1.82) is 0 Å². The van der Waals surface area contributed by atoms with Crippen LogP contribution >= 0.6 is 0 Å². The minimum absolute atomic E-state index is 0.146. The van der Waals surface area contributed by atoms with Crippen molar-refractivity contribution >= 4 is 11.6 Å². The molecule has 0 aliphatic rings. The van der Waals surface area contributed by atoms with E-state index < -0.39 is 0 Å². The maximum absolute atomic E-state index is 12.5. The summed E-state index contributed by atoms with van der Waals surface area (Å²) in [5, 5.41) is 7.12. The van der Waals surface area contributed by atoms with Crippen LogP contribution in [-0.2, 0) is 13.6 Å². The van der Waals surface area contributed by atoms with E-state index in [1.165, 1.54) is 0 Å². The first-order chi connectivity index (χ1) is 12.5. The Balaban J connectivity index is 1.74. The van der Waals surface area contributed by atoms with E-state index in [9.17, 15) is 4.79 Å². The molecule has 0 aliphatic heterocycles. The number of rotatable bonds is 5. The predicted molar refractivity (Wildman–Crippen MR) is 103 cm³/mol. The van der Waals surface area contributed by atoms with Crippen LogP contribution in [-0.4, -0.2) is 34.8 Å². The lowest BCUT2D eigenvalue weighted by atomic mass is 10.1. The van der Waals surface area contributed by atoms with Crippen LogP contribution in [0.15, 0.2) is 48.9 Å². The Morgan fingerprint density at radius 3 is 2.46 bits per heavy atom. The van der Waals surface area contributed by atoms with Crippen molar-refractivity contribution < 1.29 is 4.79 Å². The highest BCUT2D eigenvalue weighted by Gasteiger charge is 2.10. The smallest absolute Gasteiger partial charge is 0.253 e. The van der Waals surface area contributed by atoms with Gasteiger partial charge in [0, 0.05) is 62.6 Å². The highest BCUT2D eigenvalue weighted by Crippen LogP contribution is 2.22. The Kier molecular flexibility index (Phi) is 5.02. The molecule has 0 fully saturated rings. The van der Waals surface area contributed by atoms with Gasteiger partial charge in [-0.05, 0) is 30.7 Å². The Morgan fingerprint density at radius 1 is 1.12 bits per heavy atom. The average molecular weight is 349 g/mol. The summed E-state index contributed by atoms with van der Waals surface area (Å²) in [7, 11) is 5.90. The quantitative estimate of drug-likeness (QED) is 0.769. The van der Waals surface area contributed by atoms with Gasteiger partial charge in [0.1, 0.15) is 0 Å². The number of pyridine rings is 1. The molecule has 0 aliphatic carbocycles. The standard InChI is InChI=1S/C20H23N5O/c1-14-18(13-23-25(14)4)12-22-20(26)17-9-16(10-21-11-17)15-5-7-19(8-6-15)24(2)3/h5-11,13H,12H2,1-4H3,(H,22,26). The normalized spacial score (nSPS) is 10.6. The van der Waals surface area contributed by atoms with Crippen molar-refractivity contribution in [1.82, 2.24) is 20.1 Å². The second-order valence-corrected chi connectivity index (χ2v) is 6.47. The zero-order valence-corrected chi connectivity index (χ0v) is 15.5. The van der Waals surface area contributed by atoms with Gasteiger partial charge in [-0.2, -0.15) is 5.10 Å². The van der Waals surface area contributed by atoms with Crippen LogP contribution < -0.4 is 10.2 Å². The zero-order chi connectivity index (χ0) is 18.7. The van der Waals surface area contributed by atoms with Gasteiger partial charge in [-0.1, -0.05) is 12.1 Å². The van der Waals surface area contributed by atoms with Crippen molar-refractivity contribution in [3.05, 3.63) is 65.7 Å². The van der Waals surface area contributed by atoms with Crippen LogP contribution in [0.25, 0.3) is 11.1 Å². The molecule has 2 heterocycles. The molecular weight excluding hydrogens is 326 g/mol. The first-order valence-electron chi connectivity index (χ1n) is 8.44. The van der Waals surface area contributed by atoms with Gasteiger partial charge in [-0.3, -0.25) is 14.5 Å². The SMILES string of the molecule is Cc1c(CNC(=O)c2cncc(-c3ccc(N(C)C)cc3)c2)cnn1C. The van der Waals surface area contributed by atoms with E-state index in [0.29, 0.717) is 12.1 Å². The number of nitrogens with zero attached hydrogens (tertiary/aromatic N) is 4. The number of carbonyl (C=O) groups excluding carboxylic acids is 1. The number of benzene rings is 1. The summed E-state index contributed by atoms with van der Waals surface area (Å²) in [6, 6.07) is 10.0. The Labute approximate surface area is 153 Å². The molecule has 6 nitrogen and oxygen atoms in total. The van der Waals surface area contributed by atoms with Crippen LogP contribution in [0, 0.1) is 6.92 Å². The fourth-order valence-corrected chi connectivity index (χ4v) is 2.67. The molecule has 3 aromatic rings. The minimum atomic E-state index is -0.146. The lowest BCUT2D eigenvalue weighted by Crippen LogP contribution is -2.23. The molecule has 0 saturated heterocycles. The molecule has 1 amide bonds. The van der Waals surface area contributed by atoms with Crippen molar-refractivity contribution in [2.24, 2.45) is 7.05 Å². The van der Waals surface area contributed by atoms with Gasteiger partial charge in [0.25, 0.3) is 5.91 Å². The highest BCUT2D eigenvalue weighted by atomic mass is 16.1. The third-order valence-corrected chi connectivity index (χ3v) is 4.49. The van der Waals surface area contributed by atoms with Crippen LogP contribution in [0.3, 0.4) is 0 Å². The largest absolute Gasteiger partial charge is 0.378 e. The molecule has 0 atom stereocenters. The van der Waals surface area contributed by atoms with Crippen LogP contribution in [0.5, 0.6) is 0 Å². The van der Waals surface area contributed by atoms with Crippen LogP contribution in [0.2, 0.25) is 0 Å². The number of anilines is 1. The van der Waals surface area contributed by atoms with Gasteiger partial charge in [0.15, 0.2) is 0 Å². The lowest BCUT2D eigenvalue weighted by Gasteiger charge is -2.13. The monoisotopic (exact) mass is 349 g/mol. The second-order valence-electron chi connectivity index (χ2n) is 6.47. The molecule has 6 heteroatoms. The summed E-state index contributed by atoms with van der Waals surface area (Å²) in [4.78, 5) is 18.8. The van der Waals surface area contributed by atoms with E-state index in [1.54, 1.807) is 23.3 Å². The zero-order valence-electron chi connectivity index (χ0n) is 15.5. The van der Waals surface area contributed by atoms with E-state index in [-0.39, 0.29) is 5.91 Å². The van der Waals surface area contributed by atoms with E-state index in [0.717, 1.165) is 28.1 Å². The molecule has 1 aromatic carbocycles. The summed E-state index contributed by atoms with van der Waals surface area (Å²) >= 11 is 0. The third-order valence-electron chi connectivity index (χ3n) is 4.49. The molecule has 0 saturated carbocycles. The summed E-state index contributed by atoms with van der Waals surface area (Å²) in [5.74, 6) is -0.146. The number of nitrogens with one attached hydrogen (secondary N) is 1.